The van der Waals surface area contributed by atoms with Crippen LogP contribution in [-0.2, 0) is 19.4 Å². The number of aromatic nitrogens is 6. The molecule has 25 heavy (non-hydrogen) atoms. The fraction of sp³-hybridized carbons (Fsp3) is 0.471. The van der Waals surface area contributed by atoms with Gasteiger partial charge in [0.25, 0.3) is 0 Å². The van der Waals surface area contributed by atoms with Gasteiger partial charge in [-0.1, -0.05) is 19.0 Å². The summed E-state index contributed by atoms with van der Waals surface area (Å²) in [6.07, 6.45) is 5.34. The van der Waals surface area contributed by atoms with Gasteiger partial charge in [0.2, 0.25) is 17.6 Å². The van der Waals surface area contributed by atoms with Gasteiger partial charge in [-0.2, -0.15) is 4.98 Å². The largest absolute Gasteiger partial charge is 0.481 e. The average Bonchev–Trinajstić information content (AvgIpc) is 3.24. The molecular formula is C17H20N6O2. The first kappa shape index (κ1) is 15.7. The molecule has 3 heterocycles. The third-order valence-corrected chi connectivity index (χ3v) is 4.89. The van der Waals surface area contributed by atoms with Crippen molar-refractivity contribution < 1.29 is 9.26 Å². The Hall–Kier alpha value is -2.77. The van der Waals surface area contributed by atoms with Crippen LogP contribution in [0.4, 0.5) is 0 Å². The van der Waals surface area contributed by atoms with Crippen LogP contribution in [0, 0.1) is 11.8 Å². The second-order valence-corrected chi connectivity index (χ2v) is 6.59. The second-order valence-electron chi connectivity index (χ2n) is 6.59. The average molecular weight is 340 g/mol. The summed E-state index contributed by atoms with van der Waals surface area (Å²) in [6.45, 7) is 5.09. The van der Waals surface area contributed by atoms with Crippen LogP contribution in [0.25, 0.3) is 11.5 Å². The zero-order valence-electron chi connectivity index (χ0n) is 14.5. The number of nitrogens with zero attached hydrogens (tertiary/aromatic N) is 6. The number of methoxy groups -OCH3 is 1. The van der Waals surface area contributed by atoms with E-state index in [2.05, 4.69) is 43.5 Å². The summed E-state index contributed by atoms with van der Waals surface area (Å²) in [5.41, 5.74) is 3.02. The lowest BCUT2D eigenvalue weighted by Crippen LogP contribution is -2.22. The molecule has 8 heteroatoms. The van der Waals surface area contributed by atoms with Gasteiger partial charge in [-0.05, 0) is 24.7 Å². The molecule has 0 unspecified atom stereocenters. The van der Waals surface area contributed by atoms with Gasteiger partial charge in [0.15, 0.2) is 0 Å². The molecule has 0 aliphatic heterocycles. The first-order valence-corrected chi connectivity index (χ1v) is 8.36. The number of fused-ring (bicyclic) bond motifs is 1. The van der Waals surface area contributed by atoms with Gasteiger partial charge in [0.1, 0.15) is 18.6 Å². The zero-order chi connectivity index (χ0) is 17.4. The van der Waals surface area contributed by atoms with Crippen LogP contribution in [0.2, 0.25) is 0 Å². The molecule has 1 aliphatic rings. The molecule has 0 saturated heterocycles. The minimum atomic E-state index is 0.423. The van der Waals surface area contributed by atoms with Crippen LogP contribution in [-0.4, -0.2) is 36.8 Å². The molecule has 3 aromatic heterocycles. The van der Waals surface area contributed by atoms with Crippen molar-refractivity contribution in [3.05, 3.63) is 36.0 Å². The van der Waals surface area contributed by atoms with Gasteiger partial charge in [-0.3, -0.25) is 0 Å². The predicted molar refractivity (Wildman–Crippen MR) is 88.9 cm³/mol. The van der Waals surface area contributed by atoms with E-state index in [-0.39, 0.29) is 0 Å². The third kappa shape index (κ3) is 2.99. The molecule has 0 N–H and O–H groups in total. The van der Waals surface area contributed by atoms with Crippen LogP contribution in [0.5, 0.6) is 5.88 Å². The van der Waals surface area contributed by atoms with Crippen molar-refractivity contribution in [2.75, 3.05) is 7.11 Å². The Bertz CT molecular complexity index is 887. The van der Waals surface area contributed by atoms with Crippen molar-refractivity contribution in [3.8, 4) is 17.4 Å². The SMILES string of the molecule is COc1cc(-c2noc(Cn3cnc4c3C[C@@H](C)[C@H](C)C4)n2)ncn1. The van der Waals surface area contributed by atoms with E-state index in [1.807, 2.05) is 6.33 Å². The first-order chi connectivity index (χ1) is 12.1. The topological polar surface area (TPSA) is 91.8 Å². The molecule has 0 bridgehead atoms. The molecule has 2 atom stereocenters. The fourth-order valence-electron chi connectivity index (χ4n) is 3.15. The van der Waals surface area contributed by atoms with Crippen LogP contribution >= 0.6 is 0 Å². The van der Waals surface area contributed by atoms with Crippen molar-refractivity contribution in [2.24, 2.45) is 11.8 Å². The van der Waals surface area contributed by atoms with Crippen LogP contribution < -0.4 is 4.74 Å². The van der Waals surface area contributed by atoms with Crippen molar-refractivity contribution >= 4 is 0 Å². The molecule has 130 valence electrons. The van der Waals surface area contributed by atoms with E-state index in [0.29, 0.717) is 41.7 Å². The molecule has 0 radical (unpaired) electrons. The first-order valence-electron chi connectivity index (χ1n) is 8.36. The number of rotatable bonds is 4. The molecule has 0 amide bonds. The summed E-state index contributed by atoms with van der Waals surface area (Å²) < 4.78 is 12.6. The van der Waals surface area contributed by atoms with E-state index in [1.54, 1.807) is 13.2 Å². The van der Waals surface area contributed by atoms with Gasteiger partial charge in [-0.25, -0.2) is 15.0 Å². The Balaban J connectivity index is 1.56. The molecule has 0 fully saturated rings. The van der Waals surface area contributed by atoms with E-state index in [1.165, 1.54) is 17.7 Å². The Morgan fingerprint density at radius 3 is 2.88 bits per heavy atom. The van der Waals surface area contributed by atoms with E-state index in [9.17, 15) is 0 Å². The lowest BCUT2D eigenvalue weighted by atomic mass is 9.82. The summed E-state index contributed by atoms with van der Waals surface area (Å²) in [7, 11) is 1.55. The summed E-state index contributed by atoms with van der Waals surface area (Å²) in [5, 5.41) is 4.02. The Morgan fingerprint density at radius 2 is 2.04 bits per heavy atom. The van der Waals surface area contributed by atoms with Gasteiger partial charge in [-0.15, -0.1) is 0 Å². The van der Waals surface area contributed by atoms with E-state index >= 15 is 0 Å². The Morgan fingerprint density at radius 1 is 1.20 bits per heavy atom. The van der Waals surface area contributed by atoms with Crippen molar-refractivity contribution in [2.45, 2.75) is 33.2 Å². The van der Waals surface area contributed by atoms with E-state index in [0.717, 1.165) is 12.8 Å². The highest BCUT2D eigenvalue weighted by atomic mass is 16.5. The highest BCUT2D eigenvalue weighted by Gasteiger charge is 2.26. The summed E-state index contributed by atoms with van der Waals surface area (Å²) >= 11 is 0. The molecule has 0 aromatic carbocycles. The molecule has 0 saturated carbocycles. The second kappa shape index (κ2) is 6.27. The standard InChI is InChI=1S/C17H20N6O2/c1-10-4-12-14(5-11(10)2)23(9-20-12)7-16-21-17(22-25-16)13-6-15(24-3)19-8-18-13/h6,8-11H,4-5,7H2,1-3H3/t10-,11-/m1/s1. The fourth-order valence-corrected chi connectivity index (χ4v) is 3.15. The highest BCUT2D eigenvalue weighted by Crippen LogP contribution is 2.29. The van der Waals surface area contributed by atoms with Gasteiger partial charge in [0, 0.05) is 11.8 Å². The lowest BCUT2D eigenvalue weighted by molar-refractivity contribution is 0.341. The highest BCUT2D eigenvalue weighted by molar-refractivity contribution is 5.49. The number of ether oxygens (including phenoxy) is 1. The minimum Gasteiger partial charge on any atom is -0.481 e. The maximum absolute atomic E-state index is 5.39. The molecule has 0 spiro atoms. The lowest BCUT2D eigenvalue weighted by Gasteiger charge is -2.25. The number of hydrogen-bond acceptors (Lipinski definition) is 7. The summed E-state index contributed by atoms with van der Waals surface area (Å²) in [4.78, 5) is 17.1. The molecule has 1 aliphatic carbocycles. The smallest absolute Gasteiger partial charge is 0.246 e. The minimum absolute atomic E-state index is 0.423. The maximum Gasteiger partial charge on any atom is 0.246 e. The quantitative estimate of drug-likeness (QED) is 0.718. The monoisotopic (exact) mass is 340 g/mol. The van der Waals surface area contributed by atoms with Crippen LogP contribution in [0.15, 0.2) is 23.2 Å². The van der Waals surface area contributed by atoms with Gasteiger partial charge < -0.3 is 13.8 Å². The van der Waals surface area contributed by atoms with Crippen molar-refractivity contribution in [3.63, 3.8) is 0 Å². The maximum atomic E-state index is 5.39. The third-order valence-electron chi connectivity index (χ3n) is 4.89. The van der Waals surface area contributed by atoms with Gasteiger partial charge in [0.05, 0.1) is 19.1 Å². The van der Waals surface area contributed by atoms with Crippen LogP contribution in [0.1, 0.15) is 31.1 Å². The van der Waals surface area contributed by atoms with E-state index in [4.69, 9.17) is 9.26 Å². The number of imidazole rings is 1. The molecule has 8 nitrogen and oxygen atoms in total. The van der Waals surface area contributed by atoms with Crippen molar-refractivity contribution in [1.29, 1.82) is 0 Å². The van der Waals surface area contributed by atoms with E-state index < -0.39 is 0 Å². The Labute approximate surface area is 145 Å². The van der Waals surface area contributed by atoms with Crippen molar-refractivity contribution in [1.82, 2.24) is 29.7 Å². The van der Waals surface area contributed by atoms with Crippen LogP contribution in [0.3, 0.4) is 0 Å². The zero-order valence-corrected chi connectivity index (χ0v) is 14.5. The summed E-state index contributed by atoms with van der Waals surface area (Å²) in [5.74, 6) is 2.72. The molecule has 3 aromatic rings. The number of hydrogen-bond donors (Lipinski definition) is 0. The van der Waals surface area contributed by atoms with Gasteiger partial charge >= 0.3 is 0 Å². The predicted octanol–water partition coefficient (Wildman–Crippen LogP) is 2.15. The molecule has 4 rings (SSSR count). The normalized spacial score (nSPS) is 19.6. The molecular weight excluding hydrogens is 320 g/mol. The Kier molecular flexibility index (Phi) is 3.95. The summed E-state index contributed by atoms with van der Waals surface area (Å²) in [6, 6.07) is 1.68.